The minimum absolute atomic E-state index is 0.246. The Bertz CT molecular complexity index is 729. The van der Waals surface area contributed by atoms with Gasteiger partial charge >= 0.3 is 0 Å². The van der Waals surface area contributed by atoms with Gasteiger partial charge in [-0.15, -0.1) is 0 Å². The van der Waals surface area contributed by atoms with Crippen molar-refractivity contribution in [3.63, 3.8) is 0 Å². The number of nitrogens with one attached hydrogen (secondary N) is 2. The molecule has 2 N–H and O–H groups in total. The first-order valence-electron chi connectivity index (χ1n) is 7.43. The van der Waals surface area contributed by atoms with E-state index in [1.54, 1.807) is 24.3 Å². The van der Waals surface area contributed by atoms with Gasteiger partial charge in [0.25, 0.3) is 0 Å². The lowest BCUT2D eigenvalue weighted by atomic mass is 10.1. The molecule has 4 nitrogen and oxygen atoms in total. The Hall–Kier alpha value is -2.33. The summed E-state index contributed by atoms with van der Waals surface area (Å²) in [6.45, 7) is 3.96. The maximum absolute atomic E-state index is 12.1. The second-order valence-corrected chi connectivity index (χ2v) is 5.68. The number of amides is 2. The van der Waals surface area contributed by atoms with Gasteiger partial charge in [-0.2, -0.15) is 0 Å². The zero-order valence-corrected chi connectivity index (χ0v) is 13.9. The number of anilines is 2. The summed E-state index contributed by atoms with van der Waals surface area (Å²) in [7, 11) is 0. The molecule has 5 heteroatoms. The first kappa shape index (κ1) is 17.0. The normalized spacial score (nSPS) is 10.2. The third-order valence-corrected chi connectivity index (χ3v) is 3.67. The van der Waals surface area contributed by atoms with Crippen LogP contribution in [-0.4, -0.2) is 11.8 Å². The van der Waals surface area contributed by atoms with E-state index in [1.807, 2.05) is 32.0 Å². The van der Waals surface area contributed by atoms with E-state index in [0.717, 1.165) is 23.2 Å². The highest BCUT2D eigenvalue weighted by Crippen LogP contribution is 2.21. The van der Waals surface area contributed by atoms with Gasteiger partial charge in [0.2, 0.25) is 11.8 Å². The second-order valence-electron chi connectivity index (χ2n) is 5.25. The number of aryl methyl sites for hydroxylation is 2. The number of hydrogen-bond acceptors (Lipinski definition) is 2. The Labute approximate surface area is 140 Å². The molecule has 0 bridgehead atoms. The lowest BCUT2D eigenvalue weighted by molar-refractivity contribution is -0.123. The lowest BCUT2D eigenvalue weighted by Crippen LogP contribution is -2.22. The van der Waals surface area contributed by atoms with E-state index >= 15 is 0 Å². The van der Waals surface area contributed by atoms with Gasteiger partial charge in [0.1, 0.15) is 6.42 Å². The van der Waals surface area contributed by atoms with Gasteiger partial charge in [-0.25, -0.2) is 0 Å². The van der Waals surface area contributed by atoms with E-state index in [9.17, 15) is 9.59 Å². The molecule has 23 heavy (non-hydrogen) atoms. The van der Waals surface area contributed by atoms with Crippen LogP contribution < -0.4 is 10.6 Å². The van der Waals surface area contributed by atoms with E-state index in [-0.39, 0.29) is 18.2 Å². The topological polar surface area (TPSA) is 58.2 Å². The molecule has 0 atom stereocenters. The standard InChI is InChI=1S/C18H19ClN2O2/c1-3-13-7-4-6-12(2)18(13)21-17(23)11-16(22)20-15-9-5-8-14(19)10-15/h4-10H,3,11H2,1-2H3,(H,20,22)(H,21,23). The van der Waals surface area contributed by atoms with Gasteiger partial charge in [0.05, 0.1) is 0 Å². The van der Waals surface area contributed by atoms with Crippen LogP contribution in [0.2, 0.25) is 5.02 Å². The third kappa shape index (κ3) is 4.83. The highest BCUT2D eigenvalue weighted by Gasteiger charge is 2.13. The summed E-state index contributed by atoms with van der Waals surface area (Å²) >= 11 is 5.86. The molecule has 0 radical (unpaired) electrons. The zero-order valence-electron chi connectivity index (χ0n) is 13.2. The van der Waals surface area contributed by atoms with Crippen LogP contribution in [-0.2, 0) is 16.0 Å². The minimum atomic E-state index is -0.378. The Kier molecular flexibility index (Phi) is 5.77. The smallest absolute Gasteiger partial charge is 0.233 e. The lowest BCUT2D eigenvalue weighted by Gasteiger charge is -2.13. The van der Waals surface area contributed by atoms with E-state index in [2.05, 4.69) is 10.6 Å². The van der Waals surface area contributed by atoms with Gasteiger partial charge in [0, 0.05) is 16.4 Å². The predicted octanol–water partition coefficient (Wildman–Crippen LogP) is 4.18. The van der Waals surface area contributed by atoms with Crippen molar-refractivity contribution in [2.45, 2.75) is 26.7 Å². The summed E-state index contributed by atoms with van der Waals surface area (Å²) in [4.78, 5) is 24.1. The van der Waals surface area contributed by atoms with E-state index in [1.165, 1.54) is 0 Å². The van der Waals surface area contributed by atoms with Crippen molar-refractivity contribution in [3.05, 3.63) is 58.6 Å². The molecule has 2 aromatic rings. The number of rotatable bonds is 5. The maximum Gasteiger partial charge on any atom is 0.233 e. The number of hydrogen-bond donors (Lipinski definition) is 2. The minimum Gasteiger partial charge on any atom is -0.326 e. The molecule has 0 aromatic heterocycles. The number of benzene rings is 2. The van der Waals surface area contributed by atoms with Crippen molar-refractivity contribution in [2.24, 2.45) is 0 Å². The molecule has 2 rings (SSSR count). The van der Waals surface area contributed by atoms with Crippen molar-refractivity contribution in [1.29, 1.82) is 0 Å². The van der Waals surface area contributed by atoms with Gasteiger partial charge in [-0.3, -0.25) is 9.59 Å². The summed E-state index contributed by atoms with van der Waals surface area (Å²) in [5.74, 6) is -0.718. The average molecular weight is 331 g/mol. The number of halogens is 1. The first-order valence-corrected chi connectivity index (χ1v) is 7.81. The van der Waals surface area contributed by atoms with Gasteiger partial charge in [-0.1, -0.05) is 42.8 Å². The van der Waals surface area contributed by atoms with Crippen molar-refractivity contribution < 1.29 is 9.59 Å². The molecule has 2 aromatic carbocycles. The van der Waals surface area contributed by atoms with Crippen molar-refractivity contribution in [3.8, 4) is 0 Å². The number of para-hydroxylation sites is 1. The quantitative estimate of drug-likeness (QED) is 0.808. The SMILES string of the molecule is CCc1cccc(C)c1NC(=O)CC(=O)Nc1cccc(Cl)c1. The van der Waals surface area contributed by atoms with Gasteiger partial charge in [-0.05, 0) is 42.7 Å². The molecule has 0 aliphatic heterocycles. The van der Waals surface area contributed by atoms with Crippen LogP contribution in [0.15, 0.2) is 42.5 Å². The largest absolute Gasteiger partial charge is 0.326 e. The summed E-state index contributed by atoms with van der Waals surface area (Å²) in [6, 6.07) is 12.7. The Morgan fingerprint density at radius 1 is 1.04 bits per heavy atom. The Balaban J connectivity index is 1.98. The molecule has 0 saturated heterocycles. The fourth-order valence-electron chi connectivity index (χ4n) is 2.30. The van der Waals surface area contributed by atoms with E-state index < -0.39 is 0 Å². The average Bonchev–Trinajstić information content (AvgIpc) is 2.49. The Morgan fingerprint density at radius 2 is 1.74 bits per heavy atom. The van der Waals surface area contributed by atoms with Crippen LogP contribution in [0.1, 0.15) is 24.5 Å². The van der Waals surface area contributed by atoms with Gasteiger partial charge < -0.3 is 10.6 Å². The van der Waals surface area contributed by atoms with Crippen LogP contribution in [0.25, 0.3) is 0 Å². The van der Waals surface area contributed by atoms with E-state index in [4.69, 9.17) is 11.6 Å². The molecule has 0 aliphatic carbocycles. The summed E-state index contributed by atoms with van der Waals surface area (Å²) < 4.78 is 0. The van der Waals surface area contributed by atoms with E-state index in [0.29, 0.717) is 10.7 Å². The third-order valence-electron chi connectivity index (χ3n) is 3.43. The van der Waals surface area contributed by atoms with Crippen LogP contribution in [0.5, 0.6) is 0 Å². The molecule has 0 saturated carbocycles. The molecular formula is C18H19ClN2O2. The van der Waals surface area contributed by atoms with Crippen LogP contribution in [0.4, 0.5) is 11.4 Å². The summed E-state index contributed by atoms with van der Waals surface area (Å²) in [5, 5.41) is 6.02. The Morgan fingerprint density at radius 3 is 2.43 bits per heavy atom. The molecule has 0 heterocycles. The highest BCUT2D eigenvalue weighted by atomic mass is 35.5. The molecule has 0 fully saturated rings. The highest BCUT2D eigenvalue weighted by molar-refractivity contribution is 6.30. The summed E-state index contributed by atoms with van der Waals surface area (Å²) in [5.41, 5.74) is 3.39. The predicted molar refractivity (Wildman–Crippen MR) is 93.9 cm³/mol. The fraction of sp³-hybridized carbons (Fsp3) is 0.222. The van der Waals surface area contributed by atoms with Crippen LogP contribution >= 0.6 is 11.6 Å². The van der Waals surface area contributed by atoms with Crippen LogP contribution in [0.3, 0.4) is 0 Å². The monoisotopic (exact) mass is 330 g/mol. The molecule has 2 amide bonds. The molecule has 0 spiro atoms. The summed E-state index contributed by atoms with van der Waals surface area (Å²) in [6.07, 6.45) is 0.565. The number of carbonyl (C=O) groups is 2. The second kappa shape index (κ2) is 7.79. The van der Waals surface area contributed by atoms with Crippen molar-refractivity contribution in [1.82, 2.24) is 0 Å². The molecule has 120 valence electrons. The molecule has 0 aliphatic rings. The molecule has 0 unspecified atom stereocenters. The van der Waals surface area contributed by atoms with Gasteiger partial charge in [0.15, 0.2) is 0 Å². The van der Waals surface area contributed by atoms with Crippen molar-refractivity contribution >= 4 is 34.8 Å². The fourth-order valence-corrected chi connectivity index (χ4v) is 2.49. The number of carbonyl (C=O) groups excluding carboxylic acids is 2. The maximum atomic E-state index is 12.1. The zero-order chi connectivity index (χ0) is 16.8. The molecular weight excluding hydrogens is 312 g/mol. The first-order chi connectivity index (χ1) is 11.0. The van der Waals surface area contributed by atoms with Crippen molar-refractivity contribution in [2.75, 3.05) is 10.6 Å². The van der Waals surface area contributed by atoms with Crippen LogP contribution in [0, 0.1) is 6.92 Å².